The molecular weight excluding hydrogens is 384 g/mol. The maximum absolute atomic E-state index is 12.8. The Labute approximate surface area is 173 Å². The van der Waals surface area contributed by atoms with Crippen LogP contribution in [0.3, 0.4) is 0 Å². The average Bonchev–Trinajstić information content (AvgIpc) is 2.79. The lowest BCUT2D eigenvalue weighted by molar-refractivity contribution is -0.385. The summed E-state index contributed by atoms with van der Waals surface area (Å²) in [6.45, 7) is 4.00. The number of carbonyl (C=O) groups excluding carboxylic acids is 1. The number of nitrogens with zero attached hydrogens (tertiary/aromatic N) is 6. The SMILES string of the molecule is Cc1cc(C(=O)N2CCN(c3ccc(-c4cccnc4)nn3)CC2)ccc1[N+](=O)[O-]. The van der Waals surface area contributed by atoms with Gasteiger partial charge in [-0.3, -0.25) is 19.9 Å². The number of nitro benzene ring substituents is 1. The van der Waals surface area contributed by atoms with Gasteiger partial charge in [-0.15, -0.1) is 10.2 Å². The molecule has 1 aliphatic rings. The molecule has 2 aromatic heterocycles. The summed E-state index contributed by atoms with van der Waals surface area (Å²) in [7, 11) is 0. The molecule has 0 radical (unpaired) electrons. The lowest BCUT2D eigenvalue weighted by Crippen LogP contribution is -2.49. The van der Waals surface area contributed by atoms with Crippen LogP contribution in [0.4, 0.5) is 11.5 Å². The minimum Gasteiger partial charge on any atom is -0.352 e. The monoisotopic (exact) mass is 404 g/mol. The molecule has 3 heterocycles. The van der Waals surface area contributed by atoms with E-state index >= 15 is 0 Å². The van der Waals surface area contributed by atoms with Gasteiger partial charge in [-0.1, -0.05) is 0 Å². The Balaban J connectivity index is 1.39. The highest BCUT2D eigenvalue weighted by Crippen LogP contribution is 2.22. The van der Waals surface area contributed by atoms with Crippen LogP contribution >= 0.6 is 0 Å². The van der Waals surface area contributed by atoms with Crippen LogP contribution in [0.25, 0.3) is 11.3 Å². The van der Waals surface area contributed by atoms with E-state index in [2.05, 4.69) is 20.1 Å². The molecule has 9 nitrogen and oxygen atoms in total. The third-order valence-corrected chi connectivity index (χ3v) is 5.14. The van der Waals surface area contributed by atoms with Crippen molar-refractivity contribution in [2.75, 3.05) is 31.1 Å². The van der Waals surface area contributed by atoms with Crippen molar-refractivity contribution in [3.8, 4) is 11.3 Å². The fraction of sp³-hybridized carbons (Fsp3) is 0.238. The van der Waals surface area contributed by atoms with E-state index in [0.717, 1.165) is 17.1 Å². The van der Waals surface area contributed by atoms with Crippen molar-refractivity contribution in [1.82, 2.24) is 20.1 Å². The molecule has 0 atom stereocenters. The van der Waals surface area contributed by atoms with E-state index in [1.807, 2.05) is 24.3 Å². The Kier molecular flexibility index (Phi) is 5.34. The molecule has 1 aliphatic heterocycles. The van der Waals surface area contributed by atoms with Gasteiger partial charge in [0.25, 0.3) is 11.6 Å². The molecule has 0 aliphatic carbocycles. The summed E-state index contributed by atoms with van der Waals surface area (Å²) in [4.78, 5) is 31.2. The average molecular weight is 404 g/mol. The van der Waals surface area contributed by atoms with E-state index in [-0.39, 0.29) is 11.6 Å². The van der Waals surface area contributed by atoms with Crippen LogP contribution in [0.15, 0.2) is 54.9 Å². The molecular formula is C21H20N6O3. The number of carbonyl (C=O) groups is 1. The third-order valence-electron chi connectivity index (χ3n) is 5.14. The molecule has 0 spiro atoms. The fourth-order valence-corrected chi connectivity index (χ4v) is 3.48. The lowest BCUT2D eigenvalue weighted by atomic mass is 10.1. The van der Waals surface area contributed by atoms with Crippen LogP contribution in [0, 0.1) is 17.0 Å². The number of aromatic nitrogens is 3. The Hall–Kier alpha value is -3.88. The van der Waals surface area contributed by atoms with Crippen molar-refractivity contribution in [2.24, 2.45) is 0 Å². The summed E-state index contributed by atoms with van der Waals surface area (Å²) >= 11 is 0. The number of piperazine rings is 1. The number of anilines is 1. The van der Waals surface area contributed by atoms with Crippen LogP contribution in [0.5, 0.6) is 0 Å². The largest absolute Gasteiger partial charge is 0.352 e. The number of pyridine rings is 1. The smallest absolute Gasteiger partial charge is 0.272 e. The van der Waals surface area contributed by atoms with Crippen LogP contribution < -0.4 is 4.90 Å². The third kappa shape index (κ3) is 3.95. The highest BCUT2D eigenvalue weighted by atomic mass is 16.6. The Morgan fingerprint density at radius 3 is 2.47 bits per heavy atom. The summed E-state index contributed by atoms with van der Waals surface area (Å²) < 4.78 is 0. The molecule has 1 fully saturated rings. The Morgan fingerprint density at radius 1 is 1.07 bits per heavy atom. The van der Waals surface area contributed by atoms with Gasteiger partial charge in [0.1, 0.15) is 0 Å². The van der Waals surface area contributed by atoms with Crippen LogP contribution in [-0.4, -0.2) is 57.1 Å². The quantitative estimate of drug-likeness (QED) is 0.486. The van der Waals surface area contributed by atoms with Gasteiger partial charge in [0.05, 0.1) is 10.6 Å². The summed E-state index contributed by atoms with van der Waals surface area (Å²) in [5.74, 6) is 0.645. The molecule has 1 aromatic carbocycles. The van der Waals surface area contributed by atoms with Gasteiger partial charge in [-0.05, 0) is 43.3 Å². The standard InChI is InChI=1S/C21H20N6O3/c1-15-13-16(4-6-19(15)27(29)30)21(28)26-11-9-25(10-12-26)20-7-5-18(23-24-20)17-3-2-8-22-14-17/h2-8,13-14H,9-12H2,1H3. The number of benzene rings is 1. The minimum absolute atomic E-state index is 0.0182. The van der Waals surface area contributed by atoms with Gasteiger partial charge in [0.15, 0.2) is 5.82 Å². The minimum atomic E-state index is -0.441. The van der Waals surface area contributed by atoms with Crippen molar-refractivity contribution in [2.45, 2.75) is 6.92 Å². The molecule has 0 bridgehead atoms. The number of hydrogen-bond donors (Lipinski definition) is 0. The second-order valence-electron chi connectivity index (χ2n) is 7.06. The predicted molar refractivity (Wildman–Crippen MR) is 111 cm³/mol. The Morgan fingerprint density at radius 2 is 1.87 bits per heavy atom. The topological polar surface area (TPSA) is 105 Å². The summed E-state index contributed by atoms with van der Waals surface area (Å²) in [5.41, 5.74) is 2.63. The van der Waals surface area contributed by atoms with Gasteiger partial charge < -0.3 is 9.80 Å². The number of hydrogen-bond acceptors (Lipinski definition) is 7. The van der Waals surface area contributed by atoms with Crippen molar-refractivity contribution < 1.29 is 9.72 Å². The fourth-order valence-electron chi connectivity index (χ4n) is 3.48. The molecule has 1 amide bonds. The summed E-state index contributed by atoms with van der Waals surface area (Å²) in [5, 5.41) is 19.6. The van der Waals surface area contributed by atoms with E-state index in [1.54, 1.807) is 30.3 Å². The van der Waals surface area contributed by atoms with Crippen LogP contribution in [0.1, 0.15) is 15.9 Å². The van der Waals surface area contributed by atoms with Gasteiger partial charge in [-0.25, -0.2) is 0 Å². The maximum Gasteiger partial charge on any atom is 0.272 e. The molecule has 0 saturated carbocycles. The molecule has 3 aromatic rings. The zero-order chi connectivity index (χ0) is 21.1. The van der Waals surface area contributed by atoms with Crippen molar-refractivity contribution >= 4 is 17.4 Å². The number of amides is 1. The summed E-state index contributed by atoms with van der Waals surface area (Å²) in [6.07, 6.45) is 3.46. The number of aryl methyl sites for hydroxylation is 1. The zero-order valence-corrected chi connectivity index (χ0v) is 16.4. The van der Waals surface area contributed by atoms with Crippen molar-refractivity contribution in [3.05, 3.63) is 76.1 Å². The Bertz CT molecular complexity index is 1060. The highest BCUT2D eigenvalue weighted by molar-refractivity contribution is 5.95. The van der Waals surface area contributed by atoms with E-state index in [4.69, 9.17) is 0 Å². The highest BCUT2D eigenvalue weighted by Gasteiger charge is 2.24. The maximum atomic E-state index is 12.8. The first-order valence-electron chi connectivity index (χ1n) is 9.56. The van der Waals surface area contributed by atoms with Gasteiger partial charge in [0, 0.05) is 61.3 Å². The molecule has 152 valence electrons. The lowest BCUT2D eigenvalue weighted by Gasteiger charge is -2.35. The van der Waals surface area contributed by atoms with Crippen LogP contribution in [-0.2, 0) is 0 Å². The van der Waals surface area contributed by atoms with E-state index in [0.29, 0.717) is 37.3 Å². The van der Waals surface area contributed by atoms with E-state index in [1.165, 1.54) is 12.1 Å². The summed E-state index contributed by atoms with van der Waals surface area (Å²) in [6, 6.07) is 12.1. The number of nitro groups is 1. The molecule has 0 N–H and O–H groups in total. The first-order valence-corrected chi connectivity index (χ1v) is 9.56. The van der Waals surface area contributed by atoms with Gasteiger partial charge in [-0.2, -0.15) is 0 Å². The zero-order valence-electron chi connectivity index (χ0n) is 16.4. The van der Waals surface area contributed by atoms with Crippen molar-refractivity contribution in [3.63, 3.8) is 0 Å². The molecule has 4 rings (SSSR count). The van der Waals surface area contributed by atoms with Gasteiger partial charge in [0.2, 0.25) is 0 Å². The molecule has 9 heteroatoms. The second kappa shape index (κ2) is 8.24. The van der Waals surface area contributed by atoms with Crippen LogP contribution in [0.2, 0.25) is 0 Å². The van der Waals surface area contributed by atoms with Gasteiger partial charge >= 0.3 is 0 Å². The molecule has 1 saturated heterocycles. The van der Waals surface area contributed by atoms with E-state index < -0.39 is 4.92 Å². The predicted octanol–water partition coefficient (Wildman–Crippen LogP) is 2.72. The first kappa shape index (κ1) is 19.4. The van der Waals surface area contributed by atoms with Crippen molar-refractivity contribution in [1.29, 1.82) is 0 Å². The molecule has 30 heavy (non-hydrogen) atoms. The molecule has 0 unspecified atom stereocenters. The second-order valence-corrected chi connectivity index (χ2v) is 7.06. The van der Waals surface area contributed by atoms with E-state index in [9.17, 15) is 14.9 Å². The number of rotatable bonds is 4. The normalized spacial score (nSPS) is 13.9. The first-order chi connectivity index (χ1) is 14.5.